The SMILES string of the molecule is COc1ccc(NC[C@H](O)Cn2cc(/C=C3/C(=O)N(c4ccccc4)N=C3C)c3ccccc32)cc1. The van der Waals surface area contributed by atoms with Crippen molar-refractivity contribution in [3.8, 4) is 5.75 Å². The van der Waals surface area contributed by atoms with Crippen LogP contribution in [0, 0.1) is 0 Å². The van der Waals surface area contributed by atoms with E-state index in [1.54, 1.807) is 7.11 Å². The molecule has 4 aromatic rings. The molecule has 3 aromatic carbocycles. The van der Waals surface area contributed by atoms with E-state index in [4.69, 9.17) is 4.74 Å². The predicted octanol–water partition coefficient (Wildman–Crippen LogP) is 4.93. The van der Waals surface area contributed by atoms with Crippen LogP contribution in [-0.4, -0.2) is 41.1 Å². The fraction of sp³-hybridized carbons (Fsp3) is 0.172. The van der Waals surface area contributed by atoms with Gasteiger partial charge in [-0.2, -0.15) is 10.1 Å². The molecule has 7 nitrogen and oxygen atoms in total. The molecular formula is C29H28N4O3. The minimum Gasteiger partial charge on any atom is -0.497 e. The summed E-state index contributed by atoms with van der Waals surface area (Å²) in [6, 6.07) is 25.0. The topological polar surface area (TPSA) is 79.1 Å². The molecule has 0 spiro atoms. The van der Waals surface area contributed by atoms with Crippen molar-refractivity contribution in [3.63, 3.8) is 0 Å². The summed E-state index contributed by atoms with van der Waals surface area (Å²) in [7, 11) is 1.63. The lowest BCUT2D eigenvalue weighted by molar-refractivity contribution is -0.114. The van der Waals surface area contributed by atoms with Gasteiger partial charge in [0.25, 0.3) is 5.91 Å². The van der Waals surface area contributed by atoms with Crippen LogP contribution in [0.15, 0.2) is 95.7 Å². The number of aliphatic hydroxyl groups is 1. The number of hydrazone groups is 1. The Labute approximate surface area is 209 Å². The maximum Gasteiger partial charge on any atom is 0.280 e. The highest BCUT2D eigenvalue weighted by molar-refractivity contribution is 6.32. The number of benzene rings is 3. The second-order valence-corrected chi connectivity index (χ2v) is 8.71. The maximum absolute atomic E-state index is 13.2. The van der Waals surface area contributed by atoms with Gasteiger partial charge in [-0.3, -0.25) is 4.79 Å². The molecule has 36 heavy (non-hydrogen) atoms. The van der Waals surface area contributed by atoms with Gasteiger partial charge in [0, 0.05) is 34.9 Å². The minimum absolute atomic E-state index is 0.153. The minimum atomic E-state index is -0.617. The fourth-order valence-corrected chi connectivity index (χ4v) is 4.36. The number of hydrogen-bond acceptors (Lipinski definition) is 5. The fourth-order valence-electron chi connectivity index (χ4n) is 4.36. The average molecular weight is 481 g/mol. The number of ether oxygens (including phenoxy) is 1. The van der Waals surface area contributed by atoms with Gasteiger partial charge in [0.2, 0.25) is 0 Å². The summed E-state index contributed by atoms with van der Waals surface area (Å²) in [5, 5.41) is 21.0. The molecule has 1 atom stereocenters. The van der Waals surface area contributed by atoms with E-state index >= 15 is 0 Å². The lowest BCUT2D eigenvalue weighted by Gasteiger charge is -2.15. The molecule has 2 heterocycles. The van der Waals surface area contributed by atoms with Gasteiger partial charge in [0.15, 0.2) is 0 Å². The van der Waals surface area contributed by atoms with Gasteiger partial charge in [0.1, 0.15) is 5.75 Å². The molecule has 7 heteroatoms. The van der Waals surface area contributed by atoms with Crippen molar-refractivity contribution >= 4 is 40.0 Å². The van der Waals surface area contributed by atoms with Crippen molar-refractivity contribution in [1.82, 2.24) is 4.57 Å². The first kappa shape index (κ1) is 23.4. The standard InChI is InChI=1S/C29H28N4O3/c1-20-27(29(35)33(31-20)23-8-4-3-5-9-23)16-21-18-32(28-11-7-6-10-26(21)28)19-24(34)17-30-22-12-14-25(36-2)15-13-22/h3-16,18,24,30,34H,17,19H2,1-2H3/b27-16+/t24-/m0/s1. The van der Waals surface area contributed by atoms with Crippen LogP contribution in [0.1, 0.15) is 12.5 Å². The van der Waals surface area contributed by atoms with E-state index in [0.29, 0.717) is 24.4 Å². The molecule has 0 aliphatic carbocycles. The van der Waals surface area contributed by atoms with E-state index in [9.17, 15) is 9.90 Å². The van der Waals surface area contributed by atoms with Crippen LogP contribution in [-0.2, 0) is 11.3 Å². The molecule has 1 amide bonds. The Bertz CT molecular complexity index is 1440. The maximum atomic E-state index is 13.2. The first-order valence-electron chi connectivity index (χ1n) is 11.8. The van der Waals surface area contributed by atoms with Gasteiger partial charge in [-0.05, 0) is 55.5 Å². The van der Waals surface area contributed by atoms with E-state index in [2.05, 4.69) is 10.4 Å². The van der Waals surface area contributed by atoms with Crippen molar-refractivity contribution in [2.75, 3.05) is 24.0 Å². The predicted molar refractivity (Wildman–Crippen MR) is 144 cm³/mol. The third-order valence-electron chi connectivity index (χ3n) is 6.22. The van der Waals surface area contributed by atoms with Crippen molar-refractivity contribution in [2.45, 2.75) is 19.6 Å². The van der Waals surface area contributed by atoms with Crippen molar-refractivity contribution < 1.29 is 14.6 Å². The lowest BCUT2D eigenvalue weighted by Crippen LogP contribution is -2.24. The molecule has 0 bridgehead atoms. The number of carbonyl (C=O) groups excluding carboxylic acids is 1. The molecule has 1 aliphatic rings. The third-order valence-corrected chi connectivity index (χ3v) is 6.22. The molecular weight excluding hydrogens is 452 g/mol. The number of nitrogens with zero attached hydrogens (tertiary/aromatic N) is 3. The van der Waals surface area contributed by atoms with E-state index in [1.807, 2.05) is 103 Å². The summed E-state index contributed by atoms with van der Waals surface area (Å²) in [6.45, 7) is 2.65. The lowest BCUT2D eigenvalue weighted by atomic mass is 10.1. The smallest absolute Gasteiger partial charge is 0.280 e. The van der Waals surface area contributed by atoms with Gasteiger partial charge >= 0.3 is 0 Å². The molecule has 0 saturated heterocycles. The number of para-hydroxylation sites is 2. The number of nitrogens with one attached hydrogen (secondary N) is 1. The molecule has 0 saturated carbocycles. The molecule has 0 unspecified atom stereocenters. The number of aliphatic hydroxyl groups excluding tert-OH is 1. The number of amides is 1. The number of methoxy groups -OCH3 is 1. The summed E-state index contributed by atoms with van der Waals surface area (Å²) in [5.41, 5.74) is 4.78. The summed E-state index contributed by atoms with van der Waals surface area (Å²) >= 11 is 0. The number of hydrogen-bond donors (Lipinski definition) is 2. The monoisotopic (exact) mass is 480 g/mol. The van der Waals surface area contributed by atoms with E-state index in [1.165, 1.54) is 5.01 Å². The number of rotatable bonds is 8. The Kier molecular flexibility index (Phi) is 6.56. The molecule has 0 radical (unpaired) electrons. The van der Waals surface area contributed by atoms with Gasteiger partial charge in [-0.1, -0.05) is 36.4 Å². The van der Waals surface area contributed by atoms with Crippen LogP contribution in [0.4, 0.5) is 11.4 Å². The number of anilines is 2. The second kappa shape index (κ2) is 10.1. The van der Waals surface area contributed by atoms with Crippen LogP contribution in [0.5, 0.6) is 5.75 Å². The van der Waals surface area contributed by atoms with Crippen molar-refractivity contribution in [2.24, 2.45) is 5.10 Å². The van der Waals surface area contributed by atoms with Crippen molar-refractivity contribution in [1.29, 1.82) is 0 Å². The number of fused-ring (bicyclic) bond motifs is 1. The number of aromatic nitrogens is 1. The average Bonchev–Trinajstić information content (AvgIpc) is 3.40. The van der Waals surface area contributed by atoms with Gasteiger partial charge in [-0.15, -0.1) is 0 Å². The summed E-state index contributed by atoms with van der Waals surface area (Å²) in [6.07, 6.45) is 3.26. The summed E-state index contributed by atoms with van der Waals surface area (Å²) in [5.74, 6) is 0.633. The molecule has 0 fully saturated rings. The van der Waals surface area contributed by atoms with Crippen LogP contribution in [0.25, 0.3) is 17.0 Å². The van der Waals surface area contributed by atoms with E-state index in [-0.39, 0.29) is 5.91 Å². The molecule has 5 rings (SSSR count). The van der Waals surface area contributed by atoms with Gasteiger partial charge in [-0.25, -0.2) is 0 Å². The zero-order valence-electron chi connectivity index (χ0n) is 20.3. The quantitative estimate of drug-likeness (QED) is 0.351. The highest BCUT2D eigenvalue weighted by atomic mass is 16.5. The zero-order chi connectivity index (χ0) is 25.1. The van der Waals surface area contributed by atoms with Crippen LogP contribution in [0.2, 0.25) is 0 Å². The molecule has 1 aromatic heterocycles. The Hall–Kier alpha value is -4.36. The summed E-state index contributed by atoms with van der Waals surface area (Å²) < 4.78 is 7.22. The Balaban J connectivity index is 1.36. The largest absolute Gasteiger partial charge is 0.497 e. The third kappa shape index (κ3) is 4.74. The Morgan fingerprint density at radius 2 is 1.75 bits per heavy atom. The normalized spacial score (nSPS) is 15.4. The molecule has 2 N–H and O–H groups in total. The number of carbonyl (C=O) groups is 1. The second-order valence-electron chi connectivity index (χ2n) is 8.71. The van der Waals surface area contributed by atoms with Crippen molar-refractivity contribution in [3.05, 3.63) is 96.2 Å². The zero-order valence-corrected chi connectivity index (χ0v) is 20.3. The van der Waals surface area contributed by atoms with E-state index in [0.717, 1.165) is 33.6 Å². The van der Waals surface area contributed by atoms with Gasteiger partial charge < -0.3 is 19.7 Å². The Morgan fingerprint density at radius 3 is 2.50 bits per heavy atom. The van der Waals surface area contributed by atoms with Crippen LogP contribution < -0.4 is 15.1 Å². The van der Waals surface area contributed by atoms with Crippen LogP contribution >= 0.6 is 0 Å². The Morgan fingerprint density at radius 1 is 1.03 bits per heavy atom. The molecule has 182 valence electrons. The summed E-state index contributed by atoms with van der Waals surface area (Å²) in [4.78, 5) is 13.2. The van der Waals surface area contributed by atoms with Crippen LogP contribution in [0.3, 0.4) is 0 Å². The van der Waals surface area contributed by atoms with E-state index < -0.39 is 6.10 Å². The first-order chi connectivity index (χ1) is 17.5. The molecule has 1 aliphatic heterocycles. The highest BCUT2D eigenvalue weighted by Gasteiger charge is 2.29. The van der Waals surface area contributed by atoms with Gasteiger partial charge in [0.05, 0.1) is 36.7 Å². The highest BCUT2D eigenvalue weighted by Crippen LogP contribution is 2.28. The first-order valence-corrected chi connectivity index (χ1v) is 11.8.